The van der Waals surface area contributed by atoms with Gasteiger partial charge in [-0.1, -0.05) is 23.7 Å². The lowest BCUT2D eigenvalue weighted by molar-refractivity contribution is 0.0698. The predicted octanol–water partition coefficient (Wildman–Crippen LogP) is 4.14. The molecule has 2 aromatic carbocycles. The van der Waals surface area contributed by atoms with E-state index < -0.39 is 5.97 Å². The molecule has 0 atom stereocenters. The minimum Gasteiger partial charge on any atom is -0.478 e. The Morgan fingerprint density at radius 1 is 1.25 bits per heavy atom. The number of nitrogens with zero attached hydrogens (tertiary/aromatic N) is 2. The van der Waals surface area contributed by atoms with Gasteiger partial charge in [0.2, 0.25) is 0 Å². The molecular formula is C14H8BrClN2O2. The van der Waals surface area contributed by atoms with Gasteiger partial charge in [-0.3, -0.25) is 4.57 Å². The monoisotopic (exact) mass is 350 g/mol. The van der Waals surface area contributed by atoms with Crippen LogP contribution in [0.1, 0.15) is 10.4 Å². The maximum Gasteiger partial charge on any atom is 0.337 e. The number of hydrogen-bond acceptors (Lipinski definition) is 2. The molecule has 0 radical (unpaired) electrons. The van der Waals surface area contributed by atoms with Crippen LogP contribution in [0.5, 0.6) is 0 Å². The number of halogens is 2. The van der Waals surface area contributed by atoms with Crippen molar-refractivity contribution in [3.63, 3.8) is 0 Å². The molecule has 0 spiro atoms. The van der Waals surface area contributed by atoms with Crippen molar-refractivity contribution in [1.29, 1.82) is 0 Å². The van der Waals surface area contributed by atoms with Gasteiger partial charge < -0.3 is 5.11 Å². The van der Waals surface area contributed by atoms with E-state index in [1.807, 2.05) is 6.07 Å². The van der Waals surface area contributed by atoms with Gasteiger partial charge in [0.15, 0.2) is 0 Å². The molecule has 0 unspecified atom stereocenters. The van der Waals surface area contributed by atoms with Gasteiger partial charge in [-0.05, 0) is 40.2 Å². The highest BCUT2D eigenvalue weighted by Gasteiger charge is 2.16. The number of aromatic carboxylic acids is 1. The number of benzene rings is 2. The molecule has 0 fully saturated rings. The molecule has 4 nitrogen and oxygen atoms in total. The molecule has 1 heterocycles. The molecule has 0 aliphatic carbocycles. The third-order valence-electron chi connectivity index (χ3n) is 2.99. The number of carboxylic acid groups (broad SMARTS) is 1. The van der Waals surface area contributed by atoms with E-state index in [4.69, 9.17) is 11.6 Å². The first-order chi connectivity index (χ1) is 9.59. The van der Waals surface area contributed by atoms with Crippen LogP contribution < -0.4 is 0 Å². The first-order valence-corrected chi connectivity index (χ1v) is 6.90. The summed E-state index contributed by atoms with van der Waals surface area (Å²) in [6.07, 6.45) is 1.59. The number of rotatable bonds is 2. The van der Waals surface area contributed by atoms with Crippen LogP contribution in [0, 0.1) is 0 Å². The lowest BCUT2D eigenvalue weighted by Crippen LogP contribution is -2.02. The Labute approximate surface area is 127 Å². The Morgan fingerprint density at radius 3 is 2.75 bits per heavy atom. The molecular weight excluding hydrogens is 344 g/mol. The smallest absolute Gasteiger partial charge is 0.337 e. The maximum absolute atomic E-state index is 11.4. The van der Waals surface area contributed by atoms with Gasteiger partial charge >= 0.3 is 5.97 Å². The highest BCUT2D eigenvalue weighted by atomic mass is 79.9. The molecule has 6 heteroatoms. The second kappa shape index (κ2) is 4.92. The topological polar surface area (TPSA) is 55.1 Å². The van der Waals surface area contributed by atoms with Crippen LogP contribution in [0.3, 0.4) is 0 Å². The van der Waals surface area contributed by atoms with E-state index >= 15 is 0 Å². The number of para-hydroxylation sites is 1. The van der Waals surface area contributed by atoms with Crippen LogP contribution >= 0.6 is 27.5 Å². The Bertz CT molecular complexity index is 829. The number of aromatic nitrogens is 2. The van der Waals surface area contributed by atoms with E-state index in [0.29, 0.717) is 20.5 Å². The summed E-state index contributed by atoms with van der Waals surface area (Å²) in [7, 11) is 0. The molecule has 0 saturated heterocycles. The third-order valence-corrected chi connectivity index (χ3v) is 4.37. The molecule has 0 aliphatic rings. The summed E-state index contributed by atoms with van der Waals surface area (Å²) in [6, 6.07) is 10.4. The lowest BCUT2D eigenvalue weighted by Gasteiger charge is -2.09. The molecule has 3 aromatic rings. The van der Waals surface area contributed by atoms with Crippen molar-refractivity contribution in [1.82, 2.24) is 9.55 Å². The number of fused-ring (bicyclic) bond motifs is 1. The molecule has 0 aliphatic heterocycles. The molecule has 1 aromatic heterocycles. The first-order valence-electron chi connectivity index (χ1n) is 5.73. The molecule has 20 heavy (non-hydrogen) atoms. The zero-order chi connectivity index (χ0) is 14.3. The van der Waals surface area contributed by atoms with Gasteiger partial charge in [-0.15, -0.1) is 0 Å². The van der Waals surface area contributed by atoms with Crippen LogP contribution in [0.2, 0.25) is 5.02 Å². The van der Waals surface area contributed by atoms with Crippen LogP contribution in [0.25, 0.3) is 16.7 Å². The fourth-order valence-corrected chi connectivity index (χ4v) is 2.72. The minimum atomic E-state index is -0.990. The van der Waals surface area contributed by atoms with E-state index in [1.165, 1.54) is 0 Å². The summed E-state index contributed by atoms with van der Waals surface area (Å²) >= 11 is 9.51. The summed E-state index contributed by atoms with van der Waals surface area (Å²) in [6.45, 7) is 0. The zero-order valence-electron chi connectivity index (χ0n) is 10.0. The van der Waals surface area contributed by atoms with Crippen molar-refractivity contribution in [2.45, 2.75) is 0 Å². The highest BCUT2D eigenvalue weighted by molar-refractivity contribution is 9.10. The summed E-state index contributed by atoms with van der Waals surface area (Å²) in [4.78, 5) is 15.6. The number of carboxylic acids is 1. The fourth-order valence-electron chi connectivity index (χ4n) is 2.10. The zero-order valence-corrected chi connectivity index (χ0v) is 12.4. The van der Waals surface area contributed by atoms with Crippen LogP contribution in [0.15, 0.2) is 47.2 Å². The predicted molar refractivity (Wildman–Crippen MR) is 80.7 cm³/mol. The van der Waals surface area contributed by atoms with Crippen molar-refractivity contribution in [3.8, 4) is 5.69 Å². The van der Waals surface area contributed by atoms with Crippen LogP contribution in [-0.4, -0.2) is 20.6 Å². The summed E-state index contributed by atoms with van der Waals surface area (Å²) in [5.41, 5.74) is 2.11. The van der Waals surface area contributed by atoms with E-state index in [-0.39, 0.29) is 5.56 Å². The molecule has 1 N–H and O–H groups in total. The lowest BCUT2D eigenvalue weighted by atomic mass is 10.2. The van der Waals surface area contributed by atoms with Gasteiger partial charge in [0.05, 0.1) is 31.8 Å². The molecule has 0 saturated carbocycles. The Hall–Kier alpha value is -1.85. The fraction of sp³-hybridized carbons (Fsp3) is 0. The molecule has 0 amide bonds. The largest absolute Gasteiger partial charge is 0.478 e. The standard InChI is InChI=1S/C14H8BrClN2O2/c15-12-9(16)4-2-6-11(12)18-7-17-10-5-1-3-8(13(10)18)14(19)20/h1-7H,(H,19,20). The van der Waals surface area contributed by atoms with Gasteiger partial charge in [0.25, 0.3) is 0 Å². The average molecular weight is 352 g/mol. The van der Waals surface area contributed by atoms with Gasteiger partial charge in [-0.25, -0.2) is 9.78 Å². The summed E-state index contributed by atoms with van der Waals surface area (Å²) < 4.78 is 2.41. The van der Waals surface area contributed by atoms with Crippen LogP contribution in [-0.2, 0) is 0 Å². The SMILES string of the molecule is O=C(O)c1cccc2ncn(-c3cccc(Cl)c3Br)c12. The number of hydrogen-bond donors (Lipinski definition) is 1. The van der Waals surface area contributed by atoms with Gasteiger partial charge in [0.1, 0.15) is 6.33 Å². The minimum absolute atomic E-state index is 0.201. The van der Waals surface area contributed by atoms with E-state index in [0.717, 1.165) is 5.69 Å². The van der Waals surface area contributed by atoms with Crippen molar-refractivity contribution >= 4 is 44.5 Å². The number of imidazole rings is 1. The third kappa shape index (κ3) is 1.99. The maximum atomic E-state index is 11.4. The molecule has 0 bridgehead atoms. The molecule has 100 valence electrons. The number of carbonyl (C=O) groups is 1. The summed E-state index contributed by atoms with van der Waals surface area (Å²) in [5, 5.41) is 9.87. The normalized spacial score (nSPS) is 10.9. The Kier molecular flexibility index (Phi) is 3.23. The second-order valence-electron chi connectivity index (χ2n) is 4.17. The first kappa shape index (κ1) is 13.1. The quantitative estimate of drug-likeness (QED) is 0.755. The van der Waals surface area contributed by atoms with Crippen molar-refractivity contribution in [2.75, 3.05) is 0 Å². The Morgan fingerprint density at radius 2 is 2.00 bits per heavy atom. The second-order valence-corrected chi connectivity index (χ2v) is 5.37. The average Bonchev–Trinajstić information content (AvgIpc) is 2.85. The van der Waals surface area contributed by atoms with E-state index in [9.17, 15) is 9.90 Å². The summed E-state index contributed by atoms with van der Waals surface area (Å²) in [5.74, 6) is -0.990. The van der Waals surface area contributed by atoms with Crippen molar-refractivity contribution in [2.24, 2.45) is 0 Å². The van der Waals surface area contributed by atoms with Gasteiger partial charge in [-0.2, -0.15) is 0 Å². The van der Waals surface area contributed by atoms with Crippen LogP contribution in [0.4, 0.5) is 0 Å². The van der Waals surface area contributed by atoms with Crippen molar-refractivity contribution < 1.29 is 9.90 Å². The molecule has 3 rings (SSSR count). The van der Waals surface area contributed by atoms with E-state index in [1.54, 1.807) is 41.2 Å². The van der Waals surface area contributed by atoms with Crippen molar-refractivity contribution in [3.05, 3.63) is 57.8 Å². The van der Waals surface area contributed by atoms with E-state index in [2.05, 4.69) is 20.9 Å². The highest BCUT2D eigenvalue weighted by Crippen LogP contribution is 2.31. The van der Waals surface area contributed by atoms with Gasteiger partial charge in [0, 0.05) is 0 Å². The Balaban J connectivity index is 2.38.